The number of carbonyl (C=O) groups is 1. The summed E-state index contributed by atoms with van der Waals surface area (Å²) in [5.74, 6) is 0.188. The van der Waals surface area contributed by atoms with Crippen molar-refractivity contribution in [1.82, 2.24) is 0 Å². The largest absolute Gasteiger partial charge is 0.295 e. The van der Waals surface area contributed by atoms with Crippen LogP contribution in [0.25, 0.3) is 0 Å². The summed E-state index contributed by atoms with van der Waals surface area (Å²) in [6, 6.07) is 0. The summed E-state index contributed by atoms with van der Waals surface area (Å²) in [4.78, 5) is 11.0. The van der Waals surface area contributed by atoms with E-state index in [4.69, 9.17) is 0 Å². The van der Waals surface area contributed by atoms with Gasteiger partial charge >= 0.3 is 0 Å². The van der Waals surface area contributed by atoms with Gasteiger partial charge in [0.2, 0.25) is 0 Å². The number of allylic oxidation sites excluding steroid dienone is 2. The number of Topliss-reactive ketones (excluding diaryl/α,β-unsaturated/α-hetero) is 1. The molecule has 0 saturated heterocycles. The van der Waals surface area contributed by atoms with Crippen LogP contribution in [0.1, 0.15) is 40.0 Å². The molecule has 0 aromatic rings. The molecule has 0 amide bonds. The van der Waals surface area contributed by atoms with Gasteiger partial charge < -0.3 is 0 Å². The summed E-state index contributed by atoms with van der Waals surface area (Å²) in [5, 5.41) is 0. The number of unbranched alkanes of at least 4 members (excludes halogenated alkanes) is 1. The molecule has 1 nitrogen and oxygen atoms in total. The second-order valence-electron chi connectivity index (χ2n) is 2.67. The lowest BCUT2D eigenvalue weighted by atomic mass is 10.1. The van der Waals surface area contributed by atoms with Crippen LogP contribution in [0.4, 0.5) is 0 Å². The Bertz CT molecular complexity index is 166. The Balaban J connectivity index is 4.14. The minimum Gasteiger partial charge on any atom is -0.295 e. The summed E-state index contributed by atoms with van der Waals surface area (Å²) in [6.45, 7) is 5.67. The van der Waals surface area contributed by atoms with E-state index in [-0.39, 0.29) is 5.78 Å². The first kappa shape index (κ1) is 10.9. The first-order valence-electron chi connectivity index (χ1n) is 3.95. The Hall–Kier alpha value is -0.110. The lowest BCUT2D eigenvalue weighted by Crippen LogP contribution is -1.97. The van der Waals surface area contributed by atoms with E-state index in [0.717, 1.165) is 29.3 Å². The van der Waals surface area contributed by atoms with Crippen LogP contribution in [0.15, 0.2) is 10.1 Å². The Labute approximate surface area is 77.0 Å². The highest BCUT2D eigenvalue weighted by Gasteiger charge is 2.04. The Kier molecular flexibility index (Phi) is 5.47. The van der Waals surface area contributed by atoms with Crippen molar-refractivity contribution in [1.29, 1.82) is 0 Å². The molecule has 0 aromatic carbocycles. The van der Waals surface area contributed by atoms with E-state index in [1.807, 2.05) is 6.92 Å². The molecule has 0 aliphatic heterocycles. The lowest BCUT2D eigenvalue weighted by Gasteiger charge is -2.02. The smallest absolute Gasteiger partial charge is 0.156 e. The molecule has 0 spiro atoms. The quantitative estimate of drug-likeness (QED) is 0.662. The molecule has 0 aromatic heterocycles. The summed E-state index contributed by atoms with van der Waals surface area (Å²) in [6.07, 6.45) is 3.14. The minimum absolute atomic E-state index is 0.188. The number of rotatable bonds is 4. The molecule has 0 unspecified atom stereocenters. The molecule has 0 N–H and O–H groups in total. The van der Waals surface area contributed by atoms with Crippen LogP contribution in [-0.2, 0) is 4.79 Å². The zero-order chi connectivity index (χ0) is 8.85. The summed E-state index contributed by atoms with van der Waals surface area (Å²) >= 11 is 3.33. The maximum atomic E-state index is 11.0. The molecule has 0 atom stereocenters. The van der Waals surface area contributed by atoms with Gasteiger partial charge in [-0.2, -0.15) is 0 Å². The predicted molar refractivity (Wildman–Crippen MR) is 51.8 cm³/mol. The van der Waals surface area contributed by atoms with Gasteiger partial charge in [-0.05, 0) is 31.2 Å². The second kappa shape index (κ2) is 5.53. The van der Waals surface area contributed by atoms with Gasteiger partial charge in [-0.15, -0.1) is 0 Å². The third-order valence-electron chi connectivity index (χ3n) is 1.62. The fourth-order valence-corrected chi connectivity index (χ4v) is 1.42. The predicted octanol–water partition coefficient (Wildman–Crippen LogP) is 3.43. The number of halogens is 1. The molecule has 0 bridgehead atoms. The molecule has 64 valence electrons. The molecule has 0 aliphatic carbocycles. The number of ketones is 1. The zero-order valence-electron chi connectivity index (χ0n) is 7.41. The SMILES string of the molecule is CCCC/C(C(C)=O)=C(/C)Br. The van der Waals surface area contributed by atoms with Crippen molar-refractivity contribution >= 4 is 21.7 Å². The van der Waals surface area contributed by atoms with Crippen LogP contribution >= 0.6 is 15.9 Å². The monoisotopic (exact) mass is 218 g/mol. The second-order valence-corrected chi connectivity index (χ2v) is 3.86. The van der Waals surface area contributed by atoms with Gasteiger partial charge in [0.05, 0.1) is 0 Å². The van der Waals surface area contributed by atoms with E-state index in [2.05, 4.69) is 22.9 Å². The topological polar surface area (TPSA) is 17.1 Å². The van der Waals surface area contributed by atoms with Crippen molar-refractivity contribution in [2.75, 3.05) is 0 Å². The highest BCUT2D eigenvalue weighted by Crippen LogP contribution is 2.17. The Morgan fingerprint density at radius 1 is 1.36 bits per heavy atom. The van der Waals surface area contributed by atoms with E-state index >= 15 is 0 Å². The van der Waals surface area contributed by atoms with Gasteiger partial charge in [-0.1, -0.05) is 29.3 Å². The Morgan fingerprint density at radius 3 is 2.18 bits per heavy atom. The molecule has 0 fully saturated rings. The highest BCUT2D eigenvalue weighted by atomic mass is 79.9. The minimum atomic E-state index is 0.188. The van der Waals surface area contributed by atoms with E-state index < -0.39 is 0 Å². The fraction of sp³-hybridized carbons (Fsp3) is 0.667. The van der Waals surface area contributed by atoms with Crippen molar-refractivity contribution in [3.8, 4) is 0 Å². The number of carbonyl (C=O) groups excluding carboxylic acids is 1. The normalized spacial score (nSPS) is 12.7. The van der Waals surface area contributed by atoms with E-state index in [9.17, 15) is 4.79 Å². The first-order valence-corrected chi connectivity index (χ1v) is 4.75. The molecule has 0 saturated carbocycles. The van der Waals surface area contributed by atoms with Crippen molar-refractivity contribution < 1.29 is 4.79 Å². The average molecular weight is 219 g/mol. The Morgan fingerprint density at radius 2 is 1.91 bits per heavy atom. The van der Waals surface area contributed by atoms with Crippen LogP contribution < -0.4 is 0 Å². The van der Waals surface area contributed by atoms with Crippen LogP contribution in [0, 0.1) is 0 Å². The van der Waals surface area contributed by atoms with Crippen molar-refractivity contribution in [2.24, 2.45) is 0 Å². The van der Waals surface area contributed by atoms with Gasteiger partial charge in [0.15, 0.2) is 5.78 Å². The standard InChI is InChI=1S/C9H15BrO/c1-4-5-6-9(7(2)10)8(3)11/h4-6H2,1-3H3/b9-7+. The van der Waals surface area contributed by atoms with Crippen molar-refractivity contribution in [3.05, 3.63) is 10.1 Å². The van der Waals surface area contributed by atoms with Crippen molar-refractivity contribution in [3.63, 3.8) is 0 Å². The number of hydrogen-bond donors (Lipinski definition) is 0. The molecule has 0 heterocycles. The van der Waals surface area contributed by atoms with Crippen LogP contribution in [0.2, 0.25) is 0 Å². The molecule has 11 heavy (non-hydrogen) atoms. The van der Waals surface area contributed by atoms with E-state index in [0.29, 0.717) is 0 Å². The van der Waals surface area contributed by atoms with Gasteiger partial charge in [-0.3, -0.25) is 4.79 Å². The highest BCUT2D eigenvalue weighted by molar-refractivity contribution is 9.11. The maximum Gasteiger partial charge on any atom is 0.156 e. The van der Waals surface area contributed by atoms with E-state index in [1.165, 1.54) is 0 Å². The first-order chi connectivity index (χ1) is 5.09. The van der Waals surface area contributed by atoms with Crippen LogP contribution in [0.3, 0.4) is 0 Å². The number of hydrogen-bond acceptors (Lipinski definition) is 1. The maximum absolute atomic E-state index is 11.0. The molecule has 0 rings (SSSR count). The van der Waals surface area contributed by atoms with Gasteiger partial charge in [0.25, 0.3) is 0 Å². The average Bonchev–Trinajstić information content (AvgIpc) is 1.87. The fourth-order valence-electron chi connectivity index (χ4n) is 0.944. The van der Waals surface area contributed by atoms with Gasteiger partial charge in [0, 0.05) is 5.57 Å². The summed E-state index contributed by atoms with van der Waals surface area (Å²) < 4.78 is 0.985. The summed E-state index contributed by atoms with van der Waals surface area (Å²) in [5.41, 5.74) is 0.937. The molecular weight excluding hydrogens is 204 g/mol. The molecule has 2 heteroatoms. The molecular formula is C9H15BrO. The van der Waals surface area contributed by atoms with Crippen LogP contribution in [-0.4, -0.2) is 5.78 Å². The third kappa shape index (κ3) is 4.35. The van der Waals surface area contributed by atoms with Gasteiger partial charge in [0.1, 0.15) is 0 Å². The molecule has 0 aliphatic rings. The van der Waals surface area contributed by atoms with Crippen molar-refractivity contribution in [2.45, 2.75) is 40.0 Å². The summed E-state index contributed by atoms with van der Waals surface area (Å²) in [7, 11) is 0. The zero-order valence-corrected chi connectivity index (χ0v) is 8.99. The van der Waals surface area contributed by atoms with Crippen LogP contribution in [0.5, 0.6) is 0 Å². The lowest BCUT2D eigenvalue weighted by molar-refractivity contribution is -0.113. The molecule has 0 radical (unpaired) electrons. The van der Waals surface area contributed by atoms with Gasteiger partial charge in [-0.25, -0.2) is 0 Å². The third-order valence-corrected chi connectivity index (χ3v) is 2.10. The van der Waals surface area contributed by atoms with E-state index in [1.54, 1.807) is 6.92 Å².